The highest BCUT2D eigenvalue weighted by molar-refractivity contribution is 9.10. The Balaban J connectivity index is 1.97. The molecule has 0 aliphatic carbocycles. The van der Waals surface area contributed by atoms with Crippen molar-refractivity contribution in [1.29, 1.82) is 0 Å². The number of rotatable bonds is 5. The quantitative estimate of drug-likeness (QED) is 0.907. The molecule has 16 heavy (non-hydrogen) atoms. The number of ether oxygens (including phenoxy) is 1. The zero-order valence-electron chi connectivity index (χ0n) is 8.99. The molecule has 1 aromatic rings. The lowest BCUT2D eigenvalue weighted by Gasteiger charge is -2.25. The number of benzene rings is 1. The summed E-state index contributed by atoms with van der Waals surface area (Å²) in [7, 11) is 0. The Morgan fingerprint density at radius 3 is 2.81 bits per heavy atom. The van der Waals surface area contributed by atoms with Gasteiger partial charge in [-0.15, -0.1) is 11.8 Å². The number of halogens is 1. The zero-order valence-corrected chi connectivity index (χ0v) is 11.4. The Morgan fingerprint density at radius 1 is 1.44 bits per heavy atom. The molecule has 88 valence electrons. The fourth-order valence-corrected chi connectivity index (χ4v) is 3.25. The van der Waals surface area contributed by atoms with Crippen molar-refractivity contribution in [3.8, 4) is 0 Å². The van der Waals surface area contributed by atoms with E-state index in [1.807, 2.05) is 11.8 Å². The summed E-state index contributed by atoms with van der Waals surface area (Å²) in [5.41, 5.74) is 1.27. The van der Waals surface area contributed by atoms with Gasteiger partial charge in [0.1, 0.15) is 0 Å². The average Bonchev–Trinajstić information content (AvgIpc) is 2.22. The van der Waals surface area contributed by atoms with Crippen LogP contribution in [-0.4, -0.2) is 30.2 Å². The lowest BCUT2D eigenvalue weighted by atomic mass is 10.1. The van der Waals surface area contributed by atoms with Crippen molar-refractivity contribution in [2.24, 2.45) is 0 Å². The predicted molar refractivity (Wildman–Crippen MR) is 70.0 cm³/mol. The molecule has 1 N–H and O–H groups in total. The van der Waals surface area contributed by atoms with Crippen molar-refractivity contribution in [3.05, 3.63) is 28.2 Å². The molecule has 1 saturated heterocycles. The molecule has 1 heterocycles. The van der Waals surface area contributed by atoms with Crippen LogP contribution in [0.25, 0.3) is 0 Å². The van der Waals surface area contributed by atoms with Crippen LogP contribution in [0, 0.1) is 0 Å². The first-order valence-corrected chi connectivity index (χ1v) is 7.10. The Bertz CT molecular complexity index is 353. The van der Waals surface area contributed by atoms with Crippen LogP contribution in [-0.2, 0) is 11.2 Å². The van der Waals surface area contributed by atoms with Crippen LogP contribution in [0.5, 0.6) is 0 Å². The molecule has 0 amide bonds. The molecule has 4 heteroatoms. The van der Waals surface area contributed by atoms with Crippen molar-refractivity contribution in [3.63, 3.8) is 0 Å². The van der Waals surface area contributed by atoms with Gasteiger partial charge in [-0.05, 0) is 46.5 Å². The van der Waals surface area contributed by atoms with Gasteiger partial charge in [-0.3, -0.25) is 0 Å². The van der Waals surface area contributed by atoms with Gasteiger partial charge in [0.15, 0.2) is 0 Å². The van der Waals surface area contributed by atoms with Crippen LogP contribution in [0.4, 0.5) is 0 Å². The molecule has 0 saturated carbocycles. The number of aliphatic hydroxyl groups is 1. The summed E-state index contributed by atoms with van der Waals surface area (Å²) in [6.07, 6.45) is 1.77. The van der Waals surface area contributed by atoms with Crippen LogP contribution >= 0.6 is 27.7 Å². The third-order valence-corrected chi connectivity index (χ3v) is 4.65. The summed E-state index contributed by atoms with van der Waals surface area (Å²) in [4.78, 5) is 1.28. The SMILES string of the molecule is OCCCc1ccc(SC2COC2)c(Br)c1. The zero-order chi connectivity index (χ0) is 11.4. The molecule has 1 aromatic carbocycles. The maximum atomic E-state index is 8.78. The van der Waals surface area contributed by atoms with Gasteiger partial charge >= 0.3 is 0 Å². The Kier molecular flexibility index (Phi) is 4.70. The topological polar surface area (TPSA) is 29.5 Å². The van der Waals surface area contributed by atoms with E-state index in [9.17, 15) is 0 Å². The van der Waals surface area contributed by atoms with Crippen molar-refractivity contribution < 1.29 is 9.84 Å². The van der Waals surface area contributed by atoms with Crippen LogP contribution in [0.2, 0.25) is 0 Å². The molecule has 0 atom stereocenters. The minimum absolute atomic E-state index is 0.257. The Labute approximate surface area is 109 Å². The molecule has 1 fully saturated rings. The molecule has 0 aromatic heterocycles. The van der Waals surface area contributed by atoms with Crippen LogP contribution < -0.4 is 0 Å². The highest BCUT2D eigenvalue weighted by Gasteiger charge is 2.20. The number of thioether (sulfide) groups is 1. The summed E-state index contributed by atoms with van der Waals surface area (Å²) in [6.45, 7) is 1.99. The van der Waals surface area contributed by atoms with E-state index in [-0.39, 0.29) is 6.61 Å². The van der Waals surface area contributed by atoms with Crippen molar-refractivity contribution in [2.45, 2.75) is 23.0 Å². The van der Waals surface area contributed by atoms with E-state index in [2.05, 4.69) is 34.1 Å². The van der Waals surface area contributed by atoms with E-state index in [0.29, 0.717) is 5.25 Å². The molecular weight excluding hydrogens is 288 g/mol. The summed E-state index contributed by atoms with van der Waals surface area (Å²) < 4.78 is 6.31. The molecule has 0 bridgehead atoms. The second kappa shape index (κ2) is 6.05. The van der Waals surface area contributed by atoms with Crippen LogP contribution in [0.3, 0.4) is 0 Å². The summed E-state index contributed by atoms with van der Waals surface area (Å²) in [6, 6.07) is 6.44. The van der Waals surface area contributed by atoms with E-state index in [1.54, 1.807) is 0 Å². The molecule has 1 aliphatic rings. The van der Waals surface area contributed by atoms with Crippen LogP contribution in [0.1, 0.15) is 12.0 Å². The smallest absolute Gasteiger partial charge is 0.0611 e. The number of hydrogen-bond acceptors (Lipinski definition) is 3. The lowest BCUT2D eigenvalue weighted by molar-refractivity contribution is 0.0455. The highest BCUT2D eigenvalue weighted by atomic mass is 79.9. The first-order chi connectivity index (χ1) is 7.79. The average molecular weight is 303 g/mol. The molecule has 2 rings (SSSR count). The van der Waals surface area contributed by atoms with E-state index < -0.39 is 0 Å². The molecule has 0 spiro atoms. The monoisotopic (exact) mass is 302 g/mol. The molecule has 0 unspecified atom stereocenters. The summed E-state index contributed by atoms with van der Waals surface area (Å²) >= 11 is 5.46. The predicted octanol–water partition coefficient (Wildman–Crippen LogP) is 2.86. The van der Waals surface area contributed by atoms with Gasteiger partial charge in [0.25, 0.3) is 0 Å². The van der Waals surface area contributed by atoms with Gasteiger partial charge in [-0.1, -0.05) is 6.07 Å². The number of aliphatic hydroxyl groups excluding tert-OH is 1. The normalized spacial score (nSPS) is 16.1. The Morgan fingerprint density at radius 2 is 2.25 bits per heavy atom. The van der Waals surface area contributed by atoms with Gasteiger partial charge in [0.2, 0.25) is 0 Å². The maximum Gasteiger partial charge on any atom is 0.0611 e. The Hall–Kier alpha value is -0.0300. The van der Waals surface area contributed by atoms with Crippen LogP contribution in [0.15, 0.2) is 27.6 Å². The minimum atomic E-state index is 0.257. The van der Waals surface area contributed by atoms with Crippen molar-refractivity contribution in [1.82, 2.24) is 0 Å². The summed E-state index contributed by atoms with van der Waals surface area (Å²) in [5.74, 6) is 0. The second-order valence-electron chi connectivity index (χ2n) is 3.87. The van der Waals surface area contributed by atoms with E-state index in [4.69, 9.17) is 9.84 Å². The minimum Gasteiger partial charge on any atom is -0.396 e. The number of aryl methyl sites for hydroxylation is 1. The fourth-order valence-electron chi connectivity index (χ4n) is 1.54. The van der Waals surface area contributed by atoms with E-state index in [1.165, 1.54) is 10.5 Å². The second-order valence-corrected chi connectivity index (χ2v) is 6.07. The van der Waals surface area contributed by atoms with E-state index >= 15 is 0 Å². The number of hydrogen-bond donors (Lipinski definition) is 1. The van der Waals surface area contributed by atoms with Gasteiger partial charge in [0.05, 0.1) is 18.5 Å². The molecule has 1 aliphatic heterocycles. The molecular formula is C12H15BrO2S. The molecule has 2 nitrogen and oxygen atoms in total. The third-order valence-electron chi connectivity index (χ3n) is 2.52. The maximum absolute atomic E-state index is 8.78. The van der Waals surface area contributed by atoms with Gasteiger partial charge < -0.3 is 9.84 Å². The first kappa shape index (κ1) is 12.4. The van der Waals surface area contributed by atoms with Gasteiger partial charge in [0, 0.05) is 16.0 Å². The van der Waals surface area contributed by atoms with Crippen molar-refractivity contribution in [2.75, 3.05) is 19.8 Å². The van der Waals surface area contributed by atoms with Gasteiger partial charge in [-0.25, -0.2) is 0 Å². The van der Waals surface area contributed by atoms with E-state index in [0.717, 1.165) is 30.5 Å². The first-order valence-electron chi connectivity index (χ1n) is 5.43. The fraction of sp³-hybridized carbons (Fsp3) is 0.500. The lowest BCUT2D eigenvalue weighted by Crippen LogP contribution is -2.30. The molecule has 0 radical (unpaired) electrons. The largest absolute Gasteiger partial charge is 0.396 e. The van der Waals surface area contributed by atoms with Gasteiger partial charge in [-0.2, -0.15) is 0 Å². The third kappa shape index (κ3) is 3.23. The summed E-state index contributed by atoms with van der Waals surface area (Å²) in [5, 5.41) is 9.39. The highest BCUT2D eigenvalue weighted by Crippen LogP contribution is 2.34. The standard InChI is InChI=1S/C12H15BrO2S/c13-11-6-9(2-1-5-14)3-4-12(11)16-10-7-15-8-10/h3-4,6,10,14H,1-2,5,7-8H2. The van der Waals surface area contributed by atoms with Crippen molar-refractivity contribution >= 4 is 27.7 Å².